The highest BCUT2D eigenvalue weighted by atomic mass is 32.1. The first kappa shape index (κ1) is 12.5. The molecule has 0 aromatic carbocycles. The van der Waals surface area contributed by atoms with Gasteiger partial charge >= 0.3 is 0 Å². The quantitative estimate of drug-likeness (QED) is 0.678. The van der Waals surface area contributed by atoms with Crippen LogP contribution in [0.2, 0.25) is 0 Å². The van der Waals surface area contributed by atoms with Gasteiger partial charge in [-0.1, -0.05) is 0 Å². The Morgan fingerprint density at radius 3 is 2.85 bits per heavy atom. The maximum Gasteiger partial charge on any atom is 0.147 e. The van der Waals surface area contributed by atoms with Crippen molar-refractivity contribution in [1.29, 1.82) is 0 Å². The van der Waals surface area contributed by atoms with Gasteiger partial charge in [-0.3, -0.25) is 10.1 Å². The van der Waals surface area contributed by atoms with Gasteiger partial charge in [-0.2, -0.15) is 9.47 Å². The van der Waals surface area contributed by atoms with Crippen molar-refractivity contribution in [2.75, 3.05) is 11.1 Å². The van der Waals surface area contributed by atoms with E-state index in [1.165, 1.54) is 17.9 Å². The fourth-order valence-corrected chi connectivity index (χ4v) is 2.71. The minimum absolute atomic E-state index is 0.0158. The highest BCUT2D eigenvalue weighted by Gasteiger charge is 2.17. The molecular formula is C12H13N7S. The number of aromatic amines is 1. The summed E-state index contributed by atoms with van der Waals surface area (Å²) in [5.74, 6) is 1.27. The molecule has 1 atom stereocenters. The van der Waals surface area contributed by atoms with Gasteiger partial charge in [0, 0.05) is 12.4 Å². The van der Waals surface area contributed by atoms with Gasteiger partial charge in [0.15, 0.2) is 0 Å². The second-order valence-electron chi connectivity index (χ2n) is 4.24. The molecule has 0 fully saturated rings. The minimum atomic E-state index is -0.0158. The van der Waals surface area contributed by atoms with Gasteiger partial charge in [-0.05, 0) is 36.2 Å². The molecule has 0 aliphatic heterocycles. The van der Waals surface area contributed by atoms with Crippen LogP contribution in [0.25, 0.3) is 11.1 Å². The predicted octanol–water partition coefficient (Wildman–Crippen LogP) is 2.08. The van der Waals surface area contributed by atoms with Crippen LogP contribution in [0, 0.1) is 0 Å². The Hall–Kier alpha value is -2.48. The lowest BCUT2D eigenvalue weighted by Gasteiger charge is -2.12. The molecule has 8 heteroatoms. The van der Waals surface area contributed by atoms with Crippen molar-refractivity contribution >= 4 is 22.4 Å². The molecule has 3 rings (SSSR count). The van der Waals surface area contributed by atoms with E-state index in [4.69, 9.17) is 5.73 Å². The average molecular weight is 287 g/mol. The topological polar surface area (TPSA) is 105 Å². The SMILES string of the molecule is CC(Nc1snc(N)c1-c1ccncc1)c1ncn[nH]1. The van der Waals surface area contributed by atoms with Crippen molar-refractivity contribution in [3.63, 3.8) is 0 Å². The lowest BCUT2D eigenvalue weighted by Crippen LogP contribution is -2.08. The van der Waals surface area contributed by atoms with E-state index in [1.54, 1.807) is 12.4 Å². The van der Waals surface area contributed by atoms with Crippen LogP contribution < -0.4 is 11.1 Å². The van der Waals surface area contributed by atoms with E-state index in [2.05, 4.69) is 29.9 Å². The van der Waals surface area contributed by atoms with Crippen molar-refractivity contribution in [2.24, 2.45) is 0 Å². The van der Waals surface area contributed by atoms with Crippen molar-refractivity contribution in [2.45, 2.75) is 13.0 Å². The number of nitrogen functional groups attached to an aromatic ring is 1. The van der Waals surface area contributed by atoms with Crippen molar-refractivity contribution in [3.8, 4) is 11.1 Å². The number of H-pyrrole nitrogens is 1. The highest BCUT2D eigenvalue weighted by molar-refractivity contribution is 7.11. The maximum absolute atomic E-state index is 5.97. The number of anilines is 2. The fourth-order valence-electron chi connectivity index (χ4n) is 1.89. The average Bonchev–Trinajstić information content (AvgIpc) is 3.10. The molecule has 0 aliphatic rings. The van der Waals surface area contributed by atoms with Crippen LogP contribution in [-0.4, -0.2) is 24.5 Å². The molecule has 4 N–H and O–H groups in total. The summed E-state index contributed by atoms with van der Waals surface area (Å²) in [4.78, 5) is 8.15. The zero-order valence-electron chi connectivity index (χ0n) is 10.7. The van der Waals surface area contributed by atoms with Crippen molar-refractivity contribution in [3.05, 3.63) is 36.7 Å². The van der Waals surface area contributed by atoms with E-state index in [0.717, 1.165) is 22.0 Å². The van der Waals surface area contributed by atoms with Crippen LogP contribution in [-0.2, 0) is 0 Å². The van der Waals surface area contributed by atoms with Gasteiger partial charge in [-0.25, -0.2) is 4.98 Å². The lowest BCUT2D eigenvalue weighted by atomic mass is 10.1. The molecule has 0 saturated carbocycles. The molecule has 0 amide bonds. The van der Waals surface area contributed by atoms with Crippen LogP contribution in [0.5, 0.6) is 0 Å². The first-order valence-electron chi connectivity index (χ1n) is 6.03. The molecule has 0 spiro atoms. The molecular weight excluding hydrogens is 274 g/mol. The molecule has 1 unspecified atom stereocenters. The summed E-state index contributed by atoms with van der Waals surface area (Å²) in [6.07, 6.45) is 4.95. The summed E-state index contributed by atoms with van der Waals surface area (Å²) in [5.41, 5.74) is 7.85. The van der Waals surface area contributed by atoms with E-state index in [1.807, 2.05) is 19.1 Å². The van der Waals surface area contributed by atoms with Gasteiger partial charge in [0.1, 0.15) is 23.0 Å². The number of nitrogens with two attached hydrogens (primary N) is 1. The lowest BCUT2D eigenvalue weighted by molar-refractivity contribution is 0.799. The number of aromatic nitrogens is 5. The van der Waals surface area contributed by atoms with Gasteiger partial charge in [-0.15, -0.1) is 0 Å². The molecule has 0 bridgehead atoms. The van der Waals surface area contributed by atoms with Crippen LogP contribution in [0.3, 0.4) is 0 Å². The molecule has 3 aromatic heterocycles. The summed E-state index contributed by atoms with van der Waals surface area (Å²) >= 11 is 1.33. The highest BCUT2D eigenvalue weighted by Crippen LogP contribution is 2.37. The summed E-state index contributed by atoms with van der Waals surface area (Å²) in [6.45, 7) is 1.99. The van der Waals surface area contributed by atoms with E-state index in [-0.39, 0.29) is 6.04 Å². The van der Waals surface area contributed by atoms with Crippen LogP contribution >= 0.6 is 11.5 Å². The number of nitrogens with one attached hydrogen (secondary N) is 2. The van der Waals surface area contributed by atoms with E-state index >= 15 is 0 Å². The van der Waals surface area contributed by atoms with Crippen LogP contribution in [0.4, 0.5) is 10.8 Å². The number of rotatable bonds is 4. The first-order valence-corrected chi connectivity index (χ1v) is 6.80. The minimum Gasteiger partial charge on any atom is -0.382 e. The Morgan fingerprint density at radius 1 is 1.35 bits per heavy atom. The Balaban J connectivity index is 1.92. The normalized spacial score (nSPS) is 12.2. The summed E-state index contributed by atoms with van der Waals surface area (Å²) in [6, 6.07) is 3.80. The monoisotopic (exact) mass is 287 g/mol. The fraction of sp³-hybridized carbons (Fsp3) is 0.167. The second kappa shape index (κ2) is 5.25. The first-order chi connectivity index (χ1) is 9.75. The van der Waals surface area contributed by atoms with Gasteiger partial charge in [0.2, 0.25) is 0 Å². The zero-order chi connectivity index (χ0) is 13.9. The third kappa shape index (κ3) is 2.32. The maximum atomic E-state index is 5.97. The standard InChI is InChI=1S/C12H13N7S/c1-7(11-15-6-16-18-11)17-12-9(10(13)19-20-12)8-2-4-14-5-3-8/h2-7,17H,1H3,(H2,13,19)(H,15,16,18). The molecule has 7 nitrogen and oxygen atoms in total. The van der Waals surface area contributed by atoms with Crippen LogP contribution in [0.1, 0.15) is 18.8 Å². The van der Waals surface area contributed by atoms with E-state index in [9.17, 15) is 0 Å². The smallest absolute Gasteiger partial charge is 0.147 e. The van der Waals surface area contributed by atoms with Crippen LogP contribution in [0.15, 0.2) is 30.9 Å². The molecule has 20 heavy (non-hydrogen) atoms. The predicted molar refractivity (Wildman–Crippen MR) is 78.2 cm³/mol. The molecule has 0 aliphatic carbocycles. The van der Waals surface area contributed by atoms with Crippen molar-refractivity contribution in [1.82, 2.24) is 24.5 Å². The van der Waals surface area contributed by atoms with Gasteiger partial charge in [0.05, 0.1) is 11.6 Å². The van der Waals surface area contributed by atoms with Gasteiger partial charge < -0.3 is 11.1 Å². The number of hydrogen-bond acceptors (Lipinski definition) is 7. The van der Waals surface area contributed by atoms with E-state index < -0.39 is 0 Å². The Labute approximate surface area is 119 Å². The molecule has 3 aromatic rings. The Bertz CT molecular complexity index is 677. The van der Waals surface area contributed by atoms with E-state index in [0.29, 0.717) is 5.82 Å². The third-order valence-corrected chi connectivity index (χ3v) is 3.67. The second-order valence-corrected chi connectivity index (χ2v) is 5.02. The number of nitrogens with zero attached hydrogens (tertiary/aromatic N) is 4. The molecule has 102 valence electrons. The number of pyridine rings is 1. The molecule has 0 radical (unpaired) electrons. The number of hydrogen-bond donors (Lipinski definition) is 3. The molecule has 3 heterocycles. The molecule has 0 saturated heterocycles. The largest absolute Gasteiger partial charge is 0.382 e. The zero-order valence-corrected chi connectivity index (χ0v) is 11.6. The summed E-state index contributed by atoms with van der Waals surface area (Å²) < 4.78 is 4.22. The third-order valence-electron chi connectivity index (χ3n) is 2.88. The van der Waals surface area contributed by atoms with Gasteiger partial charge in [0.25, 0.3) is 0 Å². The van der Waals surface area contributed by atoms with Crippen molar-refractivity contribution < 1.29 is 0 Å². The Kier molecular flexibility index (Phi) is 3.30. The Morgan fingerprint density at radius 2 is 2.15 bits per heavy atom. The summed E-state index contributed by atoms with van der Waals surface area (Å²) in [7, 11) is 0. The summed E-state index contributed by atoms with van der Waals surface area (Å²) in [5, 5.41) is 10.9.